The van der Waals surface area contributed by atoms with Crippen LogP contribution in [0.2, 0.25) is 0 Å². The molecule has 0 saturated carbocycles. The summed E-state index contributed by atoms with van der Waals surface area (Å²) in [6.07, 6.45) is 7.37. The summed E-state index contributed by atoms with van der Waals surface area (Å²) in [6.45, 7) is 11.8. The summed E-state index contributed by atoms with van der Waals surface area (Å²) in [5.74, 6) is 1.89. The molecule has 2 saturated heterocycles. The van der Waals surface area contributed by atoms with E-state index in [4.69, 9.17) is 14.1 Å². The number of hydrogen-bond acceptors (Lipinski definition) is 4. The minimum absolute atomic E-state index is 0. The Bertz CT molecular complexity index is 592. The van der Waals surface area contributed by atoms with Crippen molar-refractivity contribution in [2.45, 2.75) is 51.2 Å². The molecule has 0 spiro atoms. The van der Waals surface area contributed by atoms with Crippen LogP contribution in [0.3, 0.4) is 0 Å². The van der Waals surface area contributed by atoms with E-state index in [1.54, 1.807) is 6.26 Å². The fourth-order valence-corrected chi connectivity index (χ4v) is 3.70. The number of ether oxygens (including phenoxy) is 1. The number of nitrogens with zero attached hydrogens (tertiary/aromatic N) is 2. The molecule has 0 amide bonds. The van der Waals surface area contributed by atoms with Crippen LogP contribution in [-0.2, 0) is 11.2 Å². The second kappa shape index (κ2) is 12.5. The van der Waals surface area contributed by atoms with Crippen LogP contribution < -0.4 is 10.6 Å². The van der Waals surface area contributed by atoms with Gasteiger partial charge in [0, 0.05) is 45.2 Å². The molecular weight excluding hydrogens is 467 g/mol. The fraction of sp³-hybridized carbons (Fsp3) is 0.667. The Kier molecular flexibility index (Phi) is 10.4. The molecule has 28 heavy (non-hydrogen) atoms. The maximum Gasteiger partial charge on any atom is 0.191 e. The predicted molar refractivity (Wildman–Crippen MR) is 125 cm³/mol. The number of aliphatic imine (C=N–C) groups is 1. The number of furan rings is 1. The SMILES string of the molecule is C=C(C)CN1CCC(NC(=NCC2CCCO2)NCCc2ccco2)CC1.I. The van der Waals surface area contributed by atoms with Crippen LogP contribution in [0.1, 0.15) is 38.4 Å². The first-order valence-electron chi connectivity index (χ1n) is 10.2. The van der Waals surface area contributed by atoms with Crippen LogP contribution in [0.4, 0.5) is 0 Å². The van der Waals surface area contributed by atoms with Crippen molar-refractivity contribution >= 4 is 29.9 Å². The van der Waals surface area contributed by atoms with Gasteiger partial charge < -0.3 is 19.8 Å². The molecule has 1 unspecified atom stereocenters. The van der Waals surface area contributed by atoms with Crippen molar-refractivity contribution in [2.75, 3.05) is 39.3 Å². The lowest BCUT2D eigenvalue weighted by molar-refractivity contribution is 0.117. The summed E-state index contributed by atoms with van der Waals surface area (Å²) in [7, 11) is 0. The topological polar surface area (TPSA) is 62.0 Å². The van der Waals surface area contributed by atoms with E-state index in [-0.39, 0.29) is 30.1 Å². The number of hydrogen-bond donors (Lipinski definition) is 2. The van der Waals surface area contributed by atoms with E-state index in [9.17, 15) is 0 Å². The Hall–Kier alpha value is -1.06. The zero-order valence-corrected chi connectivity index (χ0v) is 19.3. The van der Waals surface area contributed by atoms with Gasteiger partial charge in [-0.15, -0.1) is 24.0 Å². The molecule has 1 atom stereocenters. The quantitative estimate of drug-likeness (QED) is 0.248. The summed E-state index contributed by atoms with van der Waals surface area (Å²) in [5, 5.41) is 7.11. The third-order valence-corrected chi connectivity index (χ3v) is 5.14. The van der Waals surface area contributed by atoms with Crippen molar-refractivity contribution in [3.05, 3.63) is 36.3 Å². The Morgan fingerprint density at radius 2 is 2.14 bits per heavy atom. The van der Waals surface area contributed by atoms with E-state index in [1.165, 1.54) is 5.57 Å². The van der Waals surface area contributed by atoms with E-state index in [0.717, 1.165) is 83.2 Å². The van der Waals surface area contributed by atoms with E-state index >= 15 is 0 Å². The zero-order chi connectivity index (χ0) is 18.9. The summed E-state index contributed by atoms with van der Waals surface area (Å²) >= 11 is 0. The monoisotopic (exact) mass is 502 g/mol. The Morgan fingerprint density at radius 3 is 2.79 bits per heavy atom. The average Bonchev–Trinajstić information content (AvgIpc) is 3.34. The van der Waals surface area contributed by atoms with Gasteiger partial charge in [0.15, 0.2) is 5.96 Å². The van der Waals surface area contributed by atoms with E-state index in [1.807, 2.05) is 12.1 Å². The minimum Gasteiger partial charge on any atom is -0.469 e. The first kappa shape index (κ1) is 23.2. The first-order chi connectivity index (χ1) is 13.2. The normalized spacial score (nSPS) is 21.3. The Morgan fingerprint density at radius 1 is 1.32 bits per heavy atom. The number of rotatable bonds is 8. The van der Waals surface area contributed by atoms with Crippen molar-refractivity contribution in [2.24, 2.45) is 4.99 Å². The standard InChI is InChI=1S/C21H34N4O2.HI/c1-17(2)16-25-11-8-18(9-12-25)24-21(23-15-20-6-4-14-27-20)22-10-7-19-5-3-13-26-19;/h3,5,13,18,20H,1,4,6-12,14-16H2,2H3,(H2,22,23,24);1H. The van der Waals surface area contributed by atoms with Gasteiger partial charge in [0.1, 0.15) is 5.76 Å². The van der Waals surface area contributed by atoms with Crippen molar-refractivity contribution in [3.63, 3.8) is 0 Å². The average molecular weight is 502 g/mol. The van der Waals surface area contributed by atoms with Gasteiger partial charge in [0.05, 0.1) is 18.9 Å². The molecule has 0 aliphatic carbocycles. The van der Waals surface area contributed by atoms with Crippen molar-refractivity contribution in [1.82, 2.24) is 15.5 Å². The molecule has 1 aromatic heterocycles. The molecule has 2 fully saturated rings. The molecule has 0 bridgehead atoms. The molecule has 1 aromatic rings. The molecule has 2 N–H and O–H groups in total. The molecule has 158 valence electrons. The molecule has 2 aliphatic rings. The second-order valence-corrected chi connectivity index (χ2v) is 7.73. The third-order valence-electron chi connectivity index (χ3n) is 5.14. The summed E-state index contributed by atoms with van der Waals surface area (Å²) in [5.41, 5.74) is 1.24. The van der Waals surface area contributed by atoms with Crippen LogP contribution >= 0.6 is 24.0 Å². The second-order valence-electron chi connectivity index (χ2n) is 7.73. The lowest BCUT2D eigenvalue weighted by atomic mass is 10.0. The first-order valence-corrected chi connectivity index (χ1v) is 10.2. The largest absolute Gasteiger partial charge is 0.469 e. The molecular formula is C21H35IN4O2. The van der Waals surface area contributed by atoms with E-state index in [0.29, 0.717) is 6.04 Å². The number of halogens is 1. The molecule has 3 rings (SSSR count). The molecule has 0 radical (unpaired) electrons. The summed E-state index contributed by atoms with van der Waals surface area (Å²) < 4.78 is 11.1. The van der Waals surface area contributed by atoms with Gasteiger partial charge in [-0.2, -0.15) is 0 Å². The van der Waals surface area contributed by atoms with Crippen molar-refractivity contribution < 1.29 is 9.15 Å². The third kappa shape index (κ3) is 8.13. The Labute approximate surface area is 186 Å². The summed E-state index contributed by atoms with van der Waals surface area (Å²) in [4.78, 5) is 7.28. The molecule has 0 aromatic carbocycles. The van der Waals surface area contributed by atoms with Crippen LogP contribution in [0, 0.1) is 0 Å². The van der Waals surface area contributed by atoms with Crippen LogP contribution in [0.15, 0.2) is 40.0 Å². The van der Waals surface area contributed by atoms with Gasteiger partial charge in [-0.25, -0.2) is 0 Å². The Balaban J connectivity index is 0.00000280. The molecule has 3 heterocycles. The van der Waals surface area contributed by atoms with Gasteiger partial charge in [0.2, 0.25) is 0 Å². The zero-order valence-electron chi connectivity index (χ0n) is 17.0. The lowest BCUT2D eigenvalue weighted by Crippen LogP contribution is -2.49. The maximum absolute atomic E-state index is 5.72. The van der Waals surface area contributed by atoms with Gasteiger partial charge in [-0.05, 0) is 44.7 Å². The molecule has 6 nitrogen and oxygen atoms in total. The van der Waals surface area contributed by atoms with Gasteiger partial charge >= 0.3 is 0 Å². The predicted octanol–water partition coefficient (Wildman–Crippen LogP) is 3.19. The maximum atomic E-state index is 5.72. The highest BCUT2D eigenvalue weighted by Gasteiger charge is 2.20. The number of piperidine rings is 1. The minimum atomic E-state index is 0. The molecule has 2 aliphatic heterocycles. The summed E-state index contributed by atoms with van der Waals surface area (Å²) in [6, 6.07) is 4.40. The highest BCUT2D eigenvalue weighted by molar-refractivity contribution is 14.0. The van der Waals surface area contributed by atoms with Crippen molar-refractivity contribution in [3.8, 4) is 0 Å². The molecule has 7 heteroatoms. The number of nitrogens with one attached hydrogen (secondary N) is 2. The highest BCUT2D eigenvalue weighted by atomic mass is 127. The van der Waals surface area contributed by atoms with Crippen LogP contribution in [-0.4, -0.2) is 62.3 Å². The number of likely N-dealkylation sites (tertiary alicyclic amines) is 1. The van der Waals surface area contributed by atoms with E-state index in [2.05, 4.69) is 29.0 Å². The van der Waals surface area contributed by atoms with Gasteiger partial charge in [-0.3, -0.25) is 9.89 Å². The number of guanidine groups is 1. The van der Waals surface area contributed by atoms with Crippen molar-refractivity contribution in [1.29, 1.82) is 0 Å². The smallest absolute Gasteiger partial charge is 0.191 e. The highest BCUT2D eigenvalue weighted by Crippen LogP contribution is 2.13. The van der Waals surface area contributed by atoms with Crippen LogP contribution in [0.5, 0.6) is 0 Å². The lowest BCUT2D eigenvalue weighted by Gasteiger charge is -2.33. The van der Waals surface area contributed by atoms with Gasteiger partial charge in [-0.1, -0.05) is 12.2 Å². The van der Waals surface area contributed by atoms with E-state index < -0.39 is 0 Å². The van der Waals surface area contributed by atoms with Gasteiger partial charge in [0.25, 0.3) is 0 Å². The van der Waals surface area contributed by atoms with Crippen LogP contribution in [0.25, 0.3) is 0 Å². The fourth-order valence-electron chi connectivity index (χ4n) is 3.70.